The second-order valence-electron chi connectivity index (χ2n) is 9.86. The Morgan fingerprint density at radius 3 is 1.81 bits per heavy atom. The molecule has 0 heterocycles. The van der Waals surface area contributed by atoms with Gasteiger partial charge in [0.15, 0.2) is 0 Å². The molecule has 0 aliphatic rings. The van der Waals surface area contributed by atoms with E-state index in [1.807, 2.05) is 41.4 Å². The van der Waals surface area contributed by atoms with E-state index in [-0.39, 0.29) is 11.2 Å². The highest BCUT2D eigenvalue weighted by molar-refractivity contribution is 8.00. The molecule has 2 rings (SSSR count). The Morgan fingerprint density at radius 2 is 1.24 bits per heavy atom. The Kier molecular flexibility index (Phi) is 19.0. The van der Waals surface area contributed by atoms with E-state index in [0.717, 1.165) is 35.2 Å². The normalized spacial score (nSPS) is 12.9. The molecule has 0 bridgehead atoms. The van der Waals surface area contributed by atoms with E-state index in [9.17, 15) is 9.90 Å². The molecule has 5 heteroatoms. The van der Waals surface area contributed by atoms with Crippen molar-refractivity contribution in [2.45, 2.75) is 94.3 Å². The number of thioether (sulfide) groups is 3. The average molecular weight is 561 g/mol. The first kappa shape index (κ1) is 32.2. The number of aliphatic carboxylic acids is 1. The maximum Gasteiger partial charge on any atom is 0.308 e. The third kappa shape index (κ3) is 15.8. The largest absolute Gasteiger partial charge is 0.481 e. The summed E-state index contributed by atoms with van der Waals surface area (Å²) >= 11 is 5.61. The molecule has 2 aromatic rings. The first-order chi connectivity index (χ1) is 18.2. The lowest BCUT2D eigenvalue weighted by Crippen LogP contribution is -2.29. The van der Waals surface area contributed by atoms with Gasteiger partial charge in [-0.3, -0.25) is 4.79 Å². The summed E-state index contributed by atoms with van der Waals surface area (Å²) in [6, 6.07) is 21.0. The Labute approximate surface area is 239 Å². The van der Waals surface area contributed by atoms with Crippen LogP contribution in [-0.4, -0.2) is 33.6 Å². The van der Waals surface area contributed by atoms with E-state index in [2.05, 4.69) is 61.5 Å². The maximum atomic E-state index is 12.3. The van der Waals surface area contributed by atoms with Crippen molar-refractivity contribution in [3.8, 4) is 0 Å². The van der Waals surface area contributed by atoms with Crippen molar-refractivity contribution in [3.63, 3.8) is 0 Å². The molecule has 1 N–H and O–H groups in total. The molecule has 2 nitrogen and oxygen atoms in total. The van der Waals surface area contributed by atoms with Crippen molar-refractivity contribution < 1.29 is 9.90 Å². The van der Waals surface area contributed by atoms with Crippen molar-refractivity contribution in [2.75, 3.05) is 17.3 Å². The first-order valence-electron chi connectivity index (χ1n) is 14.3. The highest BCUT2D eigenvalue weighted by atomic mass is 32.2. The lowest BCUT2D eigenvalue weighted by atomic mass is 10.1. The standard InChI is InChI=1S/C32H48O2S3/c1-2-3-4-5-6-7-8-9-10-17-23-35-27-30(32(33)34)31(37-26-29-20-15-12-16-21-29)22-24-36-25-28-18-13-11-14-19-28/h11-16,18-21,30-31H,2-10,17,22-27H2,1H3,(H,33,34). The van der Waals surface area contributed by atoms with Gasteiger partial charge in [-0.25, -0.2) is 0 Å². The molecule has 0 aliphatic heterocycles. The zero-order valence-electron chi connectivity index (χ0n) is 22.8. The molecule has 0 aromatic heterocycles. The minimum Gasteiger partial charge on any atom is -0.481 e. The fourth-order valence-corrected chi connectivity index (χ4v) is 8.18. The Balaban J connectivity index is 1.72. The summed E-state index contributed by atoms with van der Waals surface area (Å²) in [6.07, 6.45) is 14.4. The van der Waals surface area contributed by atoms with Crippen molar-refractivity contribution in [2.24, 2.45) is 5.92 Å². The number of carboxylic acid groups (broad SMARTS) is 1. The van der Waals surface area contributed by atoms with Crippen LogP contribution in [0.5, 0.6) is 0 Å². The Hall–Kier alpha value is -1.04. The molecule has 206 valence electrons. The molecule has 0 radical (unpaired) electrons. The third-order valence-corrected chi connectivity index (χ3v) is 10.4. The van der Waals surface area contributed by atoms with Gasteiger partial charge in [-0.1, -0.05) is 125 Å². The SMILES string of the molecule is CCCCCCCCCCCCSCC(C(=O)O)C(CCSCc1ccccc1)SCc1ccccc1. The number of unbranched alkanes of at least 4 members (excludes halogenated alkanes) is 9. The summed E-state index contributed by atoms with van der Waals surface area (Å²) in [5.41, 5.74) is 2.61. The van der Waals surface area contributed by atoms with Gasteiger partial charge < -0.3 is 5.11 Å². The predicted octanol–water partition coefficient (Wildman–Crippen LogP) is 9.97. The molecule has 37 heavy (non-hydrogen) atoms. The van der Waals surface area contributed by atoms with Crippen LogP contribution in [0.1, 0.15) is 88.7 Å². The molecule has 0 saturated carbocycles. The van der Waals surface area contributed by atoms with Crippen LogP contribution in [-0.2, 0) is 16.3 Å². The molecule has 2 atom stereocenters. The van der Waals surface area contributed by atoms with Crippen LogP contribution in [0.2, 0.25) is 0 Å². The van der Waals surface area contributed by atoms with Gasteiger partial charge in [-0.2, -0.15) is 35.3 Å². The number of rotatable bonds is 23. The Morgan fingerprint density at radius 1 is 0.703 bits per heavy atom. The number of hydrogen-bond donors (Lipinski definition) is 1. The summed E-state index contributed by atoms with van der Waals surface area (Å²) in [4.78, 5) is 12.3. The van der Waals surface area contributed by atoms with Crippen LogP contribution in [0.3, 0.4) is 0 Å². The number of carboxylic acids is 1. The second-order valence-corrected chi connectivity index (χ2v) is 13.3. The van der Waals surface area contributed by atoms with E-state index >= 15 is 0 Å². The monoisotopic (exact) mass is 560 g/mol. The highest BCUT2D eigenvalue weighted by Crippen LogP contribution is 2.31. The fourth-order valence-electron chi connectivity index (χ4n) is 4.38. The molecule has 2 unspecified atom stereocenters. The van der Waals surface area contributed by atoms with Crippen molar-refractivity contribution in [1.82, 2.24) is 0 Å². The zero-order valence-corrected chi connectivity index (χ0v) is 25.3. The molecule has 0 saturated heterocycles. The van der Waals surface area contributed by atoms with Gasteiger partial charge >= 0.3 is 5.97 Å². The molecule has 0 amide bonds. The predicted molar refractivity (Wildman–Crippen MR) is 169 cm³/mol. The second kappa shape index (κ2) is 21.8. The van der Waals surface area contributed by atoms with Crippen LogP contribution < -0.4 is 0 Å². The average Bonchev–Trinajstić information content (AvgIpc) is 2.92. The maximum absolute atomic E-state index is 12.3. The molecular weight excluding hydrogens is 513 g/mol. The fraction of sp³-hybridized carbons (Fsp3) is 0.594. The molecule has 0 aliphatic carbocycles. The van der Waals surface area contributed by atoms with Crippen molar-refractivity contribution in [1.29, 1.82) is 0 Å². The third-order valence-electron chi connectivity index (χ3n) is 6.67. The minimum atomic E-state index is -0.630. The molecular formula is C32H48O2S3. The van der Waals surface area contributed by atoms with Gasteiger partial charge in [0.25, 0.3) is 0 Å². The van der Waals surface area contributed by atoms with Crippen LogP contribution in [0.25, 0.3) is 0 Å². The van der Waals surface area contributed by atoms with E-state index in [4.69, 9.17) is 0 Å². The van der Waals surface area contributed by atoms with Gasteiger partial charge in [0.05, 0.1) is 5.92 Å². The summed E-state index contributed by atoms with van der Waals surface area (Å²) < 4.78 is 0. The molecule has 0 fully saturated rings. The van der Waals surface area contributed by atoms with Gasteiger partial charge in [0.1, 0.15) is 0 Å². The number of benzene rings is 2. The van der Waals surface area contributed by atoms with E-state index in [1.165, 1.54) is 75.3 Å². The summed E-state index contributed by atoms with van der Waals surface area (Å²) in [7, 11) is 0. The molecule has 0 spiro atoms. The van der Waals surface area contributed by atoms with E-state index in [0.29, 0.717) is 0 Å². The zero-order chi connectivity index (χ0) is 26.4. The number of hydrogen-bond acceptors (Lipinski definition) is 4. The Bertz CT molecular complexity index is 800. The lowest BCUT2D eigenvalue weighted by molar-refractivity contribution is -0.140. The lowest BCUT2D eigenvalue weighted by Gasteiger charge is -2.23. The van der Waals surface area contributed by atoms with E-state index in [1.54, 1.807) is 0 Å². The van der Waals surface area contributed by atoms with E-state index < -0.39 is 5.97 Å². The van der Waals surface area contributed by atoms with Gasteiger partial charge in [0.2, 0.25) is 0 Å². The van der Waals surface area contributed by atoms with Gasteiger partial charge in [-0.15, -0.1) is 0 Å². The quantitative estimate of drug-likeness (QED) is 0.137. The summed E-state index contributed by atoms with van der Waals surface area (Å²) in [5, 5.41) is 10.3. The van der Waals surface area contributed by atoms with Crippen LogP contribution in [0, 0.1) is 5.92 Å². The van der Waals surface area contributed by atoms with Gasteiger partial charge in [-0.05, 0) is 35.5 Å². The number of carbonyl (C=O) groups is 1. The van der Waals surface area contributed by atoms with Crippen LogP contribution >= 0.6 is 35.3 Å². The molecule has 2 aromatic carbocycles. The first-order valence-corrected chi connectivity index (χ1v) is 17.6. The van der Waals surface area contributed by atoms with Crippen LogP contribution in [0.4, 0.5) is 0 Å². The summed E-state index contributed by atoms with van der Waals surface area (Å²) in [5.74, 6) is 3.74. The van der Waals surface area contributed by atoms with Gasteiger partial charge in [0, 0.05) is 22.5 Å². The van der Waals surface area contributed by atoms with Crippen molar-refractivity contribution in [3.05, 3.63) is 71.8 Å². The highest BCUT2D eigenvalue weighted by Gasteiger charge is 2.28. The topological polar surface area (TPSA) is 37.3 Å². The minimum absolute atomic E-state index is 0.140. The van der Waals surface area contributed by atoms with Crippen molar-refractivity contribution >= 4 is 41.3 Å². The van der Waals surface area contributed by atoms with Crippen LogP contribution in [0.15, 0.2) is 60.7 Å². The smallest absolute Gasteiger partial charge is 0.308 e. The summed E-state index contributed by atoms with van der Waals surface area (Å²) in [6.45, 7) is 2.27.